The van der Waals surface area contributed by atoms with Crippen molar-refractivity contribution >= 4 is 34.6 Å². The monoisotopic (exact) mass is 486 g/mol. The molecular weight excluding hydrogens is 452 g/mol. The molecule has 5 N–H and O–H groups in total. The van der Waals surface area contributed by atoms with Crippen LogP contribution in [0.2, 0.25) is 0 Å². The number of ether oxygens (including phenoxy) is 1. The summed E-state index contributed by atoms with van der Waals surface area (Å²) in [6, 6.07) is 4.97. The molecule has 0 saturated carbocycles. The second-order valence-electron chi connectivity index (χ2n) is 9.46. The second-order valence-corrected chi connectivity index (χ2v) is 9.46. The Balaban J connectivity index is 1.98. The quantitative estimate of drug-likeness (QED) is 0.380. The van der Waals surface area contributed by atoms with E-state index >= 15 is 0 Å². The highest BCUT2D eigenvalue weighted by molar-refractivity contribution is 6.08. The largest absolute Gasteiger partial charge is 0.496 e. The summed E-state index contributed by atoms with van der Waals surface area (Å²) in [6.45, 7) is 4.39. The Kier molecular flexibility index (Phi) is 8.50. The van der Waals surface area contributed by atoms with Gasteiger partial charge in [0.25, 0.3) is 5.91 Å². The number of fused-ring (bicyclic) bond motifs is 1. The topological polar surface area (TPSA) is 155 Å². The van der Waals surface area contributed by atoms with E-state index in [1.54, 1.807) is 24.3 Å². The predicted octanol–water partition coefficient (Wildman–Crippen LogP) is 2.28. The van der Waals surface area contributed by atoms with Gasteiger partial charge >= 0.3 is 5.97 Å². The molecule has 2 heterocycles. The summed E-state index contributed by atoms with van der Waals surface area (Å²) in [5.41, 5.74) is 6.95. The first kappa shape index (κ1) is 26.2. The molecule has 10 heteroatoms. The van der Waals surface area contributed by atoms with E-state index in [0.29, 0.717) is 42.5 Å². The van der Waals surface area contributed by atoms with Crippen LogP contribution in [0.1, 0.15) is 56.4 Å². The number of nitrogens with one attached hydrogen (secondary N) is 2. The third-order valence-corrected chi connectivity index (χ3v) is 6.36. The predicted molar refractivity (Wildman–Crippen MR) is 130 cm³/mol. The number of carbonyl (C=O) groups is 4. The Morgan fingerprint density at radius 2 is 2.03 bits per heavy atom. The number of H-pyrrole nitrogens is 1. The van der Waals surface area contributed by atoms with Gasteiger partial charge in [-0.3, -0.25) is 24.1 Å². The van der Waals surface area contributed by atoms with E-state index in [2.05, 4.69) is 10.3 Å². The zero-order valence-electron chi connectivity index (χ0n) is 20.4. The molecule has 0 spiro atoms. The molecule has 1 unspecified atom stereocenters. The van der Waals surface area contributed by atoms with Gasteiger partial charge in [-0.15, -0.1) is 0 Å². The van der Waals surface area contributed by atoms with Crippen molar-refractivity contribution in [2.24, 2.45) is 17.6 Å². The van der Waals surface area contributed by atoms with Gasteiger partial charge in [0.05, 0.1) is 25.6 Å². The van der Waals surface area contributed by atoms with Crippen molar-refractivity contribution in [3.63, 3.8) is 0 Å². The van der Waals surface area contributed by atoms with Gasteiger partial charge < -0.3 is 25.9 Å². The highest BCUT2D eigenvalue weighted by Crippen LogP contribution is 2.28. The lowest BCUT2D eigenvalue weighted by molar-refractivity contribution is -0.140. The number of carboxylic acids is 1. The van der Waals surface area contributed by atoms with Gasteiger partial charge in [0.1, 0.15) is 11.4 Å². The average Bonchev–Trinajstić information content (AvgIpc) is 3.42. The van der Waals surface area contributed by atoms with Crippen molar-refractivity contribution in [3.8, 4) is 5.75 Å². The smallest absolute Gasteiger partial charge is 0.305 e. The Hall–Kier alpha value is -3.40. The van der Waals surface area contributed by atoms with Crippen LogP contribution in [0.5, 0.6) is 5.75 Å². The van der Waals surface area contributed by atoms with Crippen LogP contribution in [0.4, 0.5) is 0 Å². The summed E-state index contributed by atoms with van der Waals surface area (Å²) in [6.07, 6.45) is 1.08. The zero-order valence-corrected chi connectivity index (χ0v) is 20.4. The standard InChI is InChI=1S/C25H34N4O6/c1-14(2)11-18(26)24(33)29(16(12-22(30)31)8-7-15-9-10-27-23(15)32)25(34)20-13-17-19(28-20)5-4-6-21(17)35-3/h4-6,13-16,18,28H,7-12,26H2,1-3H3,(H,27,32)(H,30,31)/t15-,16?,18-/m0/s1. The van der Waals surface area contributed by atoms with E-state index < -0.39 is 36.3 Å². The van der Waals surface area contributed by atoms with Crippen LogP contribution in [-0.4, -0.2) is 64.4 Å². The minimum Gasteiger partial charge on any atom is -0.496 e. The SMILES string of the molecule is COc1cccc2[nH]c(C(=O)N(C(=O)[C@@H](N)CC(C)C)C(CC[C@H]3CCNC3=O)CC(=O)O)cc12. The highest BCUT2D eigenvalue weighted by atomic mass is 16.5. The van der Waals surface area contributed by atoms with Crippen LogP contribution in [0, 0.1) is 11.8 Å². The van der Waals surface area contributed by atoms with Crippen LogP contribution >= 0.6 is 0 Å². The summed E-state index contributed by atoms with van der Waals surface area (Å²) < 4.78 is 5.37. The Bertz CT molecular complexity index is 1090. The first-order valence-electron chi connectivity index (χ1n) is 11.9. The van der Waals surface area contributed by atoms with Gasteiger partial charge in [-0.25, -0.2) is 0 Å². The molecule has 1 fully saturated rings. The Labute approximate surface area is 204 Å². The van der Waals surface area contributed by atoms with Crippen LogP contribution in [0.15, 0.2) is 24.3 Å². The molecule has 0 bridgehead atoms. The molecule has 1 aliphatic heterocycles. The third-order valence-electron chi connectivity index (χ3n) is 6.36. The molecule has 1 aromatic heterocycles. The number of carbonyl (C=O) groups excluding carboxylic acids is 3. The molecule has 3 atom stereocenters. The number of nitrogens with two attached hydrogens (primary N) is 1. The number of hydrogen-bond acceptors (Lipinski definition) is 6. The van der Waals surface area contributed by atoms with Crippen LogP contribution in [0.3, 0.4) is 0 Å². The first-order valence-corrected chi connectivity index (χ1v) is 11.9. The van der Waals surface area contributed by atoms with Crippen molar-refractivity contribution in [1.82, 2.24) is 15.2 Å². The maximum Gasteiger partial charge on any atom is 0.305 e. The van der Waals surface area contributed by atoms with Crippen LogP contribution < -0.4 is 15.8 Å². The van der Waals surface area contributed by atoms with Gasteiger partial charge in [-0.05, 0) is 49.8 Å². The number of aromatic nitrogens is 1. The second kappa shape index (κ2) is 11.4. The molecule has 1 aliphatic rings. The van der Waals surface area contributed by atoms with Crippen molar-refractivity contribution in [1.29, 1.82) is 0 Å². The van der Waals surface area contributed by atoms with E-state index in [1.807, 2.05) is 13.8 Å². The maximum atomic E-state index is 13.7. The van der Waals surface area contributed by atoms with Crippen molar-refractivity contribution in [3.05, 3.63) is 30.0 Å². The molecule has 3 amide bonds. The molecule has 0 aliphatic carbocycles. The molecule has 35 heavy (non-hydrogen) atoms. The Morgan fingerprint density at radius 1 is 1.29 bits per heavy atom. The summed E-state index contributed by atoms with van der Waals surface area (Å²) in [5, 5.41) is 13.0. The number of rotatable bonds is 11. The van der Waals surface area contributed by atoms with Gasteiger partial charge in [-0.1, -0.05) is 19.9 Å². The van der Waals surface area contributed by atoms with Crippen molar-refractivity contribution < 1.29 is 29.0 Å². The summed E-state index contributed by atoms with van der Waals surface area (Å²) in [4.78, 5) is 55.0. The van der Waals surface area contributed by atoms with Crippen molar-refractivity contribution in [2.45, 2.75) is 58.0 Å². The lowest BCUT2D eigenvalue weighted by Crippen LogP contribution is -2.52. The van der Waals surface area contributed by atoms with Crippen LogP contribution in [0.25, 0.3) is 10.9 Å². The summed E-state index contributed by atoms with van der Waals surface area (Å²) in [5.74, 6) is -2.15. The number of nitrogens with zero attached hydrogens (tertiary/aromatic N) is 1. The number of aromatic amines is 1. The van der Waals surface area contributed by atoms with E-state index in [1.165, 1.54) is 7.11 Å². The van der Waals surface area contributed by atoms with Gasteiger partial charge in [-0.2, -0.15) is 0 Å². The minimum atomic E-state index is -1.15. The number of imide groups is 1. The minimum absolute atomic E-state index is 0.0949. The number of amides is 3. The average molecular weight is 487 g/mol. The van der Waals surface area contributed by atoms with Gasteiger partial charge in [0.2, 0.25) is 11.8 Å². The Morgan fingerprint density at radius 3 is 2.63 bits per heavy atom. The van der Waals surface area contributed by atoms with E-state index in [4.69, 9.17) is 10.5 Å². The third kappa shape index (κ3) is 6.19. The molecule has 2 aromatic rings. The maximum absolute atomic E-state index is 13.7. The molecule has 10 nitrogen and oxygen atoms in total. The molecular formula is C25H34N4O6. The fourth-order valence-electron chi connectivity index (χ4n) is 4.62. The highest BCUT2D eigenvalue weighted by Gasteiger charge is 2.37. The molecule has 3 rings (SSSR count). The molecule has 0 radical (unpaired) electrons. The lowest BCUT2D eigenvalue weighted by atomic mass is 9.95. The molecule has 190 valence electrons. The van der Waals surface area contributed by atoms with E-state index in [9.17, 15) is 24.3 Å². The van der Waals surface area contributed by atoms with Crippen LogP contribution in [-0.2, 0) is 14.4 Å². The number of benzene rings is 1. The van der Waals surface area contributed by atoms with Crippen molar-refractivity contribution in [2.75, 3.05) is 13.7 Å². The fraction of sp³-hybridized carbons (Fsp3) is 0.520. The zero-order chi connectivity index (χ0) is 25.7. The number of aliphatic carboxylic acids is 1. The lowest BCUT2D eigenvalue weighted by Gasteiger charge is -2.32. The van der Waals surface area contributed by atoms with Gasteiger partial charge in [0.15, 0.2) is 0 Å². The number of hydrogen-bond donors (Lipinski definition) is 4. The first-order chi connectivity index (χ1) is 16.6. The van der Waals surface area contributed by atoms with E-state index in [0.717, 1.165) is 4.90 Å². The normalized spacial score (nSPS) is 17.3. The molecule has 1 aromatic carbocycles. The fourth-order valence-corrected chi connectivity index (χ4v) is 4.62. The summed E-state index contributed by atoms with van der Waals surface area (Å²) in [7, 11) is 1.52. The number of carboxylic acid groups (broad SMARTS) is 1. The summed E-state index contributed by atoms with van der Waals surface area (Å²) >= 11 is 0. The van der Waals surface area contributed by atoms with E-state index in [-0.39, 0.29) is 29.9 Å². The number of methoxy groups -OCH3 is 1. The van der Waals surface area contributed by atoms with Gasteiger partial charge in [0, 0.05) is 23.4 Å². The molecule has 1 saturated heterocycles.